The van der Waals surface area contributed by atoms with E-state index in [1.54, 1.807) is 12.1 Å². The number of benzene rings is 2. The number of esters is 1. The van der Waals surface area contributed by atoms with Crippen LogP contribution in [0.3, 0.4) is 0 Å². The minimum absolute atomic E-state index is 0.0872. The van der Waals surface area contributed by atoms with E-state index in [1.807, 2.05) is 45.0 Å². The van der Waals surface area contributed by atoms with Gasteiger partial charge in [-0.1, -0.05) is 31.2 Å². The Kier molecular flexibility index (Phi) is 5.69. The van der Waals surface area contributed by atoms with Crippen LogP contribution in [-0.2, 0) is 14.9 Å². The fourth-order valence-electron chi connectivity index (χ4n) is 3.69. The Bertz CT molecular complexity index is 796. The van der Waals surface area contributed by atoms with Gasteiger partial charge in [-0.15, -0.1) is 0 Å². The van der Waals surface area contributed by atoms with E-state index >= 15 is 0 Å². The standard InChI is InChI=1S/C24H30O4/c1-17(15-24(13-14-24)19-7-9-20(25)10-8-19)18-5-11-21(12-6-18)27-16-22(26)28-23(2,3)4/h5-12,17,25H,13-16H2,1-4H3. The summed E-state index contributed by atoms with van der Waals surface area (Å²) in [6.07, 6.45) is 3.47. The Morgan fingerprint density at radius 2 is 1.68 bits per heavy atom. The highest BCUT2D eigenvalue weighted by molar-refractivity contribution is 5.71. The first-order valence-electron chi connectivity index (χ1n) is 9.91. The third-order valence-electron chi connectivity index (χ3n) is 5.26. The number of carbonyl (C=O) groups is 1. The van der Waals surface area contributed by atoms with Gasteiger partial charge < -0.3 is 14.6 Å². The molecule has 4 heteroatoms. The molecule has 2 aromatic rings. The Morgan fingerprint density at radius 1 is 1.07 bits per heavy atom. The molecule has 0 amide bonds. The number of hydrogen-bond acceptors (Lipinski definition) is 4. The highest BCUT2D eigenvalue weighted by Gasteiger charge is 2.44. The van der Waals surface area contributed by atoms with Crippen molar-refractivity contribution in [1.82, 2.24) is 0 Å². The maximum absolute atomic E-state index is 11.8. The van der Waals surface area contributed by atoms with Gasteiger partial charge in [-0.3, -0.25) is 0 Å². The van der Waals surface area contributed by atoms with Crippen molar-refractivity contribution in [2.24, 2.45) is 0 Å². The Balaban J connectivity index is 1.56. The quantitative estimate of drug-likeness (QED) is 0.657. The summed E-state index contributed by atoms with van der Waals surface area (Å²) < 4.78 is 10.8. The van der Waals surface area contributed by atoms with Crippen LogP contribution in [0.25, 0.3) is 0 Å². The van der Waals surface area contributed by atoms with E-state index in [1.165, 1.54) is 24.0 Å². The van der Waals surface area contributed by atoms with Crippen molar-refractivity contribution in [3.05, 3.63) is 59.7 Å². The molecule has 0 radical (unpaired) electrons. The molecule has 1 atom stereocenters. The highest BCUT2D eigenvalue weighted by Crippen LogP contribution is 2.54. The topological polar surface area (TPSA) is 55.8 Å². The summed E-state index contributed by atoms with van der Waals surface area (Å²) in [7, 11) is 0. The fourth-order valence-corrected chi connectivity index (χ4v) is 3.69. The largest absolute Gasteiger partial charge is 0.508 e. The number of carbonyl (C=O) groups excluding carboxylic acids is 1. The molecule has 0 aliphatic heterocycles. The van der Waals surface area contributed by atoms with E-state index in [2.05, 4.69) is 19.1 Å². The third kappa shape index (κ3) is 5.28. The molecule has 0 heterocycles. The molecule has 3 rings (SSSR count). The molecule has 28 heavy (non-hydrogen) atoms. The second kappa shape index (κ2) is 7.86. The van der Waals surface area contributed by atoms with Crippen molar-refractivity contribution in [3.8, 4) is 11.5 Å². The SMILES string of the molecule is CC(CC1(c2ccc(O)cc2)CC1)c1ccc(OCC(=O)OC(C)(C)C)cc1. The van der Waals surface area contributed by atoms with Crippen molar-refractivity contribution in [2.45, 2.75) is 63.9 Å². The molecule has 1 aliphatic rings. The maximum Gasteiger partial charge on any atom is 0.344 e. The van der Waals surface area contributed by atoms with E-state index in [9.17, 15) is 9.90 Å². The number of rotatable bonds is 7. The molecular weight excluding hydrogens is 352 g/mol. The molecule has 150 valence electrons. The Morgan fingerprint density at radius 3 is 2.21 bits per heavy atom. The van der Waals surface area contributed by atoms with E-state index in [0.29, 0.717) is 17.4 Å². The van der Waals surface area contributed by atoms with Crippen LogP contribution in [0.15, 0.2) is 48.5 Å². The first-order chi connectivity index (χ1) is 13.2. The summed E-state index contributed by atoms with van der Waals surface area (Å²) in [6, 6.07) is 15.6. The van der Waals surface area contributed by atoms with Crippen molar-refractivity contribution in [1.29, 1.82) is 0 Å². The summed E-state index contributed by atoms with van der Waals surface area (Å²) in [5.74, 6) is 1.03. The average molecular weight is 383 g/mol. The fraction of sp³-hybridized carbons (Fsp3) is 0.458. The van der Waals surface area contributed by atoms with Gasteiger partial charge in [0.05, 0.1) is 0 Å². The molecule has 4 nitrogen and oxygen atoms in total. The smallest absolute Gasteiger partial charge is 0.344 e. The lowest BCUT2D eigenvalue weighted by Crippen LogP contribution is -2.27. The molecule has 2 aromatic carbocycles. The summed E-state index contributed by atoms with van der Waals surface area (Å²) in [5, 5.41) is 9.52. The molecule has 1 unspecified atom stereocenters. The normalized spacial score (nSPS) is 16.3. The molecule has 1 N–H and O–H groups in total. The zero-order chi connectivity index (χ0) is 20.4. The lowest BCUT2D eigenvalue weighted by molar-refractivity contribution is -0.157. The molecule has 1 fully saturated rings. The van der Waals surface area contributed by atoms with Gasteiger partial charge in [0.15, 0.2) is 6.61 Å². The second-order valence-electron chi connectivity index (χ2n) is 8.88. The number of phenolic OH excluding ortho intramolecular Hbond substituents is 1. The van der Waals surface area contributed by atoms with Gasteiger partial charge in [-0.05, 0) is 86.8 Å². The maximum atomic E-state index is 11.8. The van der Waals surface area contributed by atoms with Crippen LogP contribution >= 0.6 is 0 Å². The van der Waals surface area contributed by atoms with E-state index in [0.717, 1.165) is 6.42 Å². The van der Waals surface area contributed by atoms with Gasteiger partial charge in [0.2, 0.25) is 0 Å². The van der Waals surface area contributed by atoms with Crippen LogP contribution in [0.5, 0.6) is 11.5 Å². The van der Waals surface area contributed by atoms with Crippen molar-refractivity contribution >= 4 is 5.97 Å². The summed E-state index contributed by atoms with van der Waals surface area (Å²) in [5.41, 5.74) is 2.30. The molecule has 1 aliphatic carbocycles. The van der Waals surface area contributed by atoms with Crippen LogP contribution in [-0.4, -0.2) is 23.3 Å². The molecule has 0 saturated heterocycles. The number of aromatic hydroxyl groups is 1. The third-order valence-corrected chi connectivity index (χ3v) is 5.26. The predicted octanol–water partition coefficient (Wildman–Crippen LogP) is 5.34. The van der Waals surface area contributed by atoms with Gasteiger partial charge in [0.1, 0.15) is 17.1 Å². The average Bonchev–Trinajstić information content (AvgIpc) is 3.40. The molecular formula is C24H30O4. The van der Waals surface area contributed by atoms with E-state index in [-0.39, 0.29) is 18.0 Å². The van der Waals surface area contributed by atoms with E-state index < -0.39 is 5.60 Å². The lowest BCUT2D eigenvalue weighted by Gasteiger charge is -2.21. The summed E-state index contributed by atoms with van der Waals surface area (Å²) in [4.78, 5) is 11.8. The summed E-state index contributed by atoms with van der Waals surface area (Å²) >= 11 is 0. The van der Waals surface area contributed by atoms with Gasteiger partial charge in [-0.2, -0.15) is 0 Å². The van der Waals surface area contributed by atoms with E-state index in [4.69, 9.17) is 9.47 Å². The first kappa shape index (κ1) is 20.2. The minimum Gasteiger partial charge on any atom is -0.508 e. The van der Waals surface area contributed by atoms with Crippen LogP contribution in [0.1, 0.15) is 64.0 Å². The summed E-state index contributed by atoms with van der Waals surface area (Å²) in [6.45, 7) is 7.68. The monoisotopic (exact) mass is 382 g/mol. The Labute approximate surface area is 167 Å². The second-order valence-corrected chi connectivity index (χ2v) is 8.88. The molecule has 1 saturated carbocycles. The van der Waals surface area contributed by atoms with Gasteiger partial charge in [-0.25, -0.2) is 4.79 Å². The van der Waals surface area contributed by atoms with Crippen LogP contribution in [0, 0.1) is 0 Å². The number of hydrogen-bond donors (Lipinski definition) is 1. The molecule has 0 bridgehead atoms. The van der Waals surface area contributed by atoms with Crippen LogP contribution in [0.4, 0.5) is 0 Å². The van der Waals surface area contributed by atoms with Crippen molar-refractivity contribution in [3.63, 3.8) is 0 Å². The Hall–Kier alpha value is -2.49. The van der Waals surface area contributed by atoms with Crippen LogP contribution < -0.4 is 4.74 Å². The minimum atomic E-state index is -0.504. The van der Waals surface area contributed by atoms with Gasteiger partial charge in [0, 0.05) is 0 Å². The number of phenols is 1. The van der Waals surface area contributed by atoms with Crippen molar-refractivity contribution < 1.29 is 19.4 Å². The van der Waals surface area contributed by atoms with Crippen LogP contribution in [0.2, 0.25) is 0 Å². The van der Waals surface area contributed by atoms with Gasteiger partial charge >= 0.3 is 5.97 Å². The zero-order valence-electron chi connectivity index (χ0n) is 17.2. The highest BCUT2D eigenvalue weighted by atomic mass is 16.6. The lowest BCUT2D eigenvalue weighted by atomic mass is 9.83. The molecule has 0 aromatic heterocycles. The van der Waals surface area contributed by atoms with Crippen molar-refractivity contribution in [2.75, 3.05) is 6.61 Å². The first-order valence-corrected chi connectivity index (χ1v) is 9.91. The predicted molar refractivity (Wildman–Crippen MR) is 110 cm³/mol. The molecule has 0 spiro atoms. The number of ether oxygens (including phenoxy) is 2. The zero-order valence-corrected chi connectivity index (χ0v) is 17.2. The van der Waals surface area contributed by atoms with Gasteiger partial charge in [0.25, 0.3) is 0 Å².